The Morgan fingerprint density at radius 2 is 1.67 bits per heavy atom. The van der Waals surface area contributed by atoms with Crippen LogP contribution in [0.15, 0.2) is 54.9 Å². The van der Waals surface area contributed by atoms with Gasteiger partial charge in [-0.25, -0.2) is 0 Å². The van der Waals surface area contributed by atoms with Crippen molar-refractivity contribution in [1.29, 1.82) is 0 Å². The van der Waals surface area contributed by atoms with Crippen molar-refractivity contribution in [3.63, 3.8) is 0 Å². The SMILES string of the molecule is CN(Cc1ccccc1)C(=O)C1CCC(C(=O)NCc2cccnc2)CC1. The fourth-order valence-electron chi connectivity index (χ4n) is 3.69. The van der Waals surface area contributed by atoms with Gasteiger partial charge in [0.25, 0.3) is 0 Å². The van der Waals surface area contributed by atoms with Gasteiger partial charge in [0.05, 0.1) is 0 Å². The van der Waals surface area contributed by atoms with Crippen LogP contribution in [0.4, 0.5) is 0 Å². The van der Waals surface area contributed by atoms with E-state index >= 15 is 0 Å². The lowest BCUT2D eigenvalue weighted by Crippen LogP contribution is -2.38. The lowest BCUT2D eigenvalue weighted by atomic mass is 9.81. The van der Waals surface area contributed by atoms with Crippen molar-refractivity contribution >= 4 is 11.8 Å². The van der Waals surface area contributed by atoms with Crippen LogP contribution >= 0.6 is 0 Å². The second-order valence-corrected chi connectivity index (χ2v) is 7.31. The van der Waals surface area contributed by atoms with E-state index in [1.165, 1.54) is 0 Å². The zero-order valence-electron chi connectivity index (χ0n) is 15.8. The number of aromatic nitrogens is 1. The summed E-state index contributed by atoms with van der Waals surface area (Å²) in [5.74, 6) is 0.307. The van der Waals surface area contributed by atoms with E-state index in [-0.39, 0.29) is 23.7 Å². The maximum atomic E-state index is 12.7. The Bertz CT molecular complexity index is 741. The number of pyridine rings is 1. The van der Waals surface area contributed by atoms with E-state index in [1.807, 2.05) is 54.4 Å². The molecular weight excluding hydrogens is 338 g/mol. The van der Waals surface area contributed by atoms with Gasteiger partial charge in [-0.1, -0.05) is 36.4 Å². The van der Waals surface area contributed by atoms with Crippen LogP contribution in [-0.2, 0) is 22.7 Å². The Balaban J connectivity index is 1.43. The van der Waals surface area contributed by atoms with E-state index in [2.05, 4.69) is 10.3 Å². The van der Waals surface area contributed by atoms with Crippen molar-refractivity contribution in [2.75, 3.05) is 7.05 Å². The number of nitrogens with zero attached hydrogens (tertiary/aromatic N) is 2. The number of rotatable bonds is 6. The molecule has 0 unspecified atom stereocenters. The zero-order chi connectivity index (χ0) is 19.1. The van der Waals surface area contributed by atoms with Crippen LogP contribution < -0.4 is 5.32 Å². The normalized spacial score (nSPS) is 19.3. The van der Waals surface area contributed by atoms with Crippen LogP contribution in [0.25, 0.3) is 0 Å². The lowest BCUT2D eigenvalue weighted by molar-refractivity contribution is -0.137. The summed E-state index contributed by atoms with van der Waals surface area (Å²) in [6.45, 7) is 1.14. The minimum atomic E-state index is 0.00477. The molecule has 142 valence electrons. The summed E-state index contributed by atoms with van der Waals surface area (Å²) in [6, 6.07) is 13.8. The number of carbonyl (C=O) groups excluding carboxylic acids is 2. The van der Waals surface area contributed by atoms with Gasteiger partial charge in [0.15, 0.2) is 0 Å². The van der Waals surface area contributed by atoms with Crippen LogP contribution in [0.1, 0.15) is 36.8 Å². The summed E-state index contributed by atoms with van der Waals surface area (Å²) >= 11 is 0. The average Bonchev–Trinajstić information content (AvgIpc) is 2.73. The van der Waals surface area contributed by atoms with Crippen molar-refractivity contribution in [1.82, 2.24) is 15.2 Å². The maximum Gasteiger partial charge on any atom is 0.225 e. The quantitative estimate of drug-likeness (QED) is 0.855. The summed E-state index contributed by atoms with van der Waals surface area (Å²) in [6.07, 6.45) is 6.59. The van der Waals surface area contributed by atoms with E-state index in [0.717, 1.165) is 36.8 Å². The summed E-state index contributed by atoms with van der Waals surface area (Å²) in [5.41, 5.74) is 2.13. The first-order chi connectivity index (χ1) is 13.1. The molecule has 1 aromatic heterocycles. The molecule has 0 spiro atoms. The van der Waals surface area contributed by atoms with Crippen LogP contribution in [0.2, 0.25) is 0 Å². The summed E-state index contributed by atoms with van der Waals surface area (Å²) in [5, 5.41) is 2.99. The van der Waals surface area contributed by atoms with Gasteiger partial charge in [0.2, 0.25) is 11.8 Å². The van der Waals surface area contributed by atoms with Crippen LogP contribution in [0, 0.1) is 11.8 Å². The molecule has 3 rings (SSSR count). The Hall–Kier alpha value is -2.69. The number of hydrogen-bond donors (Lipinski definition) is 1. The molecule has 0 saturated heterocycles. The predicted molar refractivity (Wildman–Crippen MR) is 104 cm³/mol. The monoisotopic (exact) mass is 365 g/mol. The topological polar surface area (TPSA) is 62.3 Å². The van der Waals surface area contributed by atoms with Crippen LogP contribution in [0.5, 0.6) is 0 Å². The highest BCUT2D eigenvalue weighted by Crippen LogP contribution is 2.30. The third-order valence-electron chi connectivity index (χ3n) is 5.28. The van der Waals surface area contributed by atoms with Gasteiger partial charge in [-0.05, 0) is 42.9 Å². The molecule has 1 aliphatic rings. The molecular formula is C22H27N3O2. The number of amides is 2. The van der Waals surface area contributed by atoms with E-state index in [1.54, 1.807) is 12.4 Å². The molecule has 1 aliphatic carbocycles. The van der Waals surface area contributed by atoms with Crippen molar-refractivity contribution in [2.24, 2.45) is 11.8 Å². The molecule has 2 amide bonds. The van der Waals surface area contributed by atoms with Crippen LogP contribution in [0.3, 0.4) is 0 Å². The van der Waals surface area contributed by atoms with Gasteiger partial charge < -0.3 is 10.2 Å². The first kappa shape index (κ1) is 19.1. The van der Waals surface area contributed by atoms with E-state index in [0.29, 0.717) is 13.1 Å². The zero-order valence-corrected chi connectivity index (χ0v) is 15.8. The Morgan fingerprint density at radius 1 is 1.00 bits per heavy atom. The minimum Gasteiger partial charge on any atom is -0.352 e. The molecule has 2 aromatic rings. The fourth-order valence-corrected chi connectivity index (χ4v) is 3.69. The molecule has 0 radical (unpaired) electrons. The van der Waals surface area contributed by atoms with Crippen molar-refractivity contribution < 1.29 is 9.59 Å². The molecule has 27 heavy (non-hydrogen) atoms. The summed E-state index contributed by atoms with van der Waals surface area (Å²) in [7, 11) is 1.86. The second-order valence-electron chi connectivity index (χ2n) is 7.31. The molecule has 0 aliphatic heterocycles. The minimum absolute atomic E-state index is 0.00477. The fraction of sp³-hybridized carbons (Fsp3) is 0.409. The highest BCUT2D eigenvalue weighted by Gasteiger charge is 2.31. The maximum absolute atomic E-state index is 12.7. The molecule has 0 atom stereocenters. The average molecular weight is 365 g/mol. The highest BCUT2D eigenvalue weighted by molar-refractivity contribution is 5.81. The second kappa shape index (κ2) is 9.31. The van der Waals surface area contributed by atoms with E-state index in [9.17, 15) is 9.59 Å². The third-order valence-corrected chi connectivity index (χ3v) is 5.28. The first-order valence-electron chi connectivity index (χ1n) is 9.59. The number of benzene rings is 1. The predicted octanol–water partition coefficient (Wildman–Crippen LogP) is 3.16. The third kappa shape index (κ3) is 5.39. The molecule has 1 fully saturated rings. The molecule has 5 nitrogen and oxygen atoms in total. The summed E-state index contributed by atoms with van der Waals surface area (Å²) < 4.78 is 0. The first-order valence-corrected chi connectivity index (χ1v) is 9.59. The summed E-state index contributed by atoms with van der Waals surface area (Å²) in [4.78, 5) is 31.0. The molecule has 1 N–H and O–H groups in total. The Kier molecular flexibility index (Phi) is 6.58. The van der Waals surface area contributed by atoms with Gasteiger partial charge in [0, 0.05) is 44.4 Å². The molecule has 1 heterocycles. The molecule has 1 aromatic carbocycles. The number of nitrogens with one attached hydrogen (secondary N) is 1. The molecule has 1 saturated carbocycles. The smallest absolute Gasteiger partial charge is 0.225 e. The van der Waals surface area contributed by atoms with Crippen molar-refractivity contribution in [3.8, 4) is 0 Å². The van der Waals surface area contributed by atoms with E-state index < -0.39 is 0 Å². The van der Waals surface area contributed by atoms with Crippen LogP contribution in [-0.4, -0.2) is 28.7 Å². The Labute approximate surface area is 160 Å². The number of carbonyl (C=O) groups is 2. The van der Waals surface area contributed by atoms with Gasteiger partial charge in [-0.3, -0.25) is 14.6 Å². The number of hydrogen-bond acceptors (Lipinski definition) is 3. The van der Waals surface area contributed by atoms with E-state index in [4.69, 9.17) is 0 Å². The lowest BCUT2D eigenvalue weighted by Gasteiger charge is -2.30. The Morgan fingerprint density at radius 3 is 2.33 bits per heavy atom. The van der Waals surface area contributed by atoms with Crippen molar-refractivity contribution in [2.45, 2.75) is 38.8 Å². The standard InChI is InChI=1S/C22H27N3O2/c1-25(16-17-6-3-2-4-7-17)22(27)20-11-9-19(10-12-20)21(26)24-15-18-8-5-13-23-14-18/h2-8,13-14,19-20H,9-12,15-16H2,1H3,(H,24,26). The van der Waals surface area contributed by atoms with Crippen molar-refractivity contribution in [3.05, 3.63) is 66.0 Å². The largest absolute Gasteiger partial charge is 0.352 e. The molecule has 0 bridgehead atoms. The molecule has 5 heteroatoms. The van der Waals surface area contributed by atoms with Gasteiger partial charge in [-0.2, -0.15) is 0 Å². The van der Waals surface area contributed by atoms with Gasteiger partial charge >= 0.3 is 0 Å². The highest BCUT2D eigenvalue weighted by atomic mass is 16.2. The van der Waals surface area contributed by atoms with Gasteiger partial charge in [0.1, 0.15) is 0 Å². The van der Waals surface area contributed by atoms with Gasteiger partial charge in [-0.15, -0.1) is 0 Å².